The molecule has 1 saturated carbocycles. The zero-order chi connectivity index (χ0) is 14.4. The Labute approximate surface area is 150 Å². The van der Waals surface area contributed by atoms with Crippen molar-refractivity contribution in [2.24, 2.45) is 10.9 Å². The molecule has 2 fully saturated rings. The lowest BCUT2D eigenvalue weighted by atomic mass is 10.2. The molecule has 124 valence electrons. The Hall–Kier alpha value is 0.310. The Bertz CT molecular complexity index is 335. The Kier molecular flexibility index (Phi) is 8.71. The van der Waals surface area contributed by atoms with E-state index in [2.05, 4.69) is 40.8 Å². The summed E-state index contributed by atoms with van der Waals surface area (Å²) in [6.07, 6.45) is 3.79. The minimum atomic E-state index is 0. The first-order valence-electron chi connectivity index (χ1n) is 7.78. The fourth-order valence-corrected chi connectivity index (χ4v) is 3.55. The number of halogens is 1. The maximum Gasteiger partial charge on any atom is 0.193 e. The minimum Gasteiger partial charge on any atom is -0.381 e. The van der Waals surface area contributed by atoms with Crippen molar-refractivity contribution < 1.29 is 4.74 Å². The van der Waals surface area contributed by atoms with Crippen LogP contribution in [0.5, 0.6) is 0 Å². The number of guanidine groups is 1. The fourth-order valence-electron chi connectivity index (χ4n) is 2.44. The Morgan fingerprint density at radius 2 is 2.19 bits per heavy atom. The third kappa shape index (κ3) is 7.41. The highest BCUT2D eigenvalue weighted by Crippen LogP contribution is 2.29. The van der Waals surface area contributed by atoms with Crippen LogP contribution in [0, 0.1) is 5.92 Å². The van der Waals surface area contributed by atoms with Gasteiger partial charge in [0.1, 0.15) is 0 Å². The number of ether oxygens (including phenoxy) is 1. The first-order valence-corrected chi connectivity index (χ1v) is 8.76. The van der Waals surface area contributed by atoms with Crippen LogP contribution in [0.25, 0.3) is 0 Å². The van der Waals surface area contributed by atoms with Gasteiger partial charge in [-0.05, 0) is 39.0 Å². The molecule has 0 unspecified atom stereocenters. The van der Waals surface area contributed by atoms with Gasteiger partial charge in [-0.1, -0.05) is 0 Å². The smallest absolute Gasteiger partial charge is 0.193 e. The summed E-state index contributed by atoms with van der Waals surface area (Å²) >= 11 is 2.05. The molecular weight excluding hydrogens is 397 g/mol. The number of rotatable bonds is 6. The van der Waals surface area contributed by atoms with Crippen LogP contribution in [0.3, 0.4) is 0 Å². The fraction of sp³-hybridized carbons (Fsp3) is 0.933. The van der Waals surface area contributed by atoms with Crippen molar-refractivity contribution in [3.8, 4) is 0 Å². The molecule has 2 rings (SSSR count). The molecule has 0 aromatic rings. The number of nitrogens with one attached hydrogen (secondary N) is 1. The minimum absolute atomic E-state index is 0. The van der Waals surface area contributed by atoms with Crippen LogP contribution in [0.2, 0.25) is 0 Å². The van der Waals surface area contributed by atoms with Crippen LogP contribution >= 0.6 is 35.7 Å². The normalized spacial score (nSPS) is 21.9. The zero-order valence-corrected chi connectivity index (χ0v) is 16.7. The molecular formula is C15H30IN3OS. The van der Waals surface area contributed by atoms with Crippen LogP contribution < -0.4 is 5.32 Å². The van der Waals surface area contributed by atoms with E-state index in [1.165, 1.54) is 18.6 Å². The van der Waals surface area contributed by atoms with Crippen molar-refractivity contribution in [3.63, 3.8) is 0 Å². The SMILES string of the molecule is CN=C(NCCCOCC1CC1)N1CCSC(C)(C)C1.I. The molecule has 0 amide bonds. The summed E-state index contributed by atoms with van der Waals surface area (Å²) in [5.41, 5.74) is 0. The topological polar surface area (TPSA) is 36.9 Å². The lowest BCUT2D eigenvalue weighted by molar-refractivity contribution is 0.122. The second-order valence-corrected chi connectivity index (χ2v) is 8.18. The molecule has 1 N–H and O–H groups in total. The number of aliphatic imine (C=N–C) groups is 1. The predicted octanol–water partition coefficient (Wildman–Crippen LogP) is 2.82. The molecule has 0 spiro atoms. The van der Waals surface area contributed by atoms with E-state index in [9.17, 15) is 0 Å². The van der Waals surface area contributed by atoms with Crippen molar-refractivity contribution in [3.05, 3.63) is 0 Å². The average molecular weight is 427 g/mol. The van der Waals surface area contributed by atoms with Crippen molar-refractivity contribution in [1.82, 2.24) is 10.2 Å². The first kappa shape index (κ1) is 19.4. The van der Waals surface area contributed by atoms with Crippen LogP contribution in [0.1, 0.15) is 33.1 Å². The van der Waals surface area contributed by atoms with Crippen molar-refractivity contribution >= 4 is 41.7 Å². The van der Waals surface area contributed by atoms with E-state index in [1.54, 1.807) is 0 Å². The van der Waals surface area contributed by atoms with Crippen molar-refractivity contribution in [2.75, 3.05) is 45.6 Å². The number of hydrogen-bond donors (Lipinski definition) is 1. The van der Waals surface area contributed by atoms with E-state index in [1.807, 2.05) is 7.05 Å². The molecule has 1 heterocycles. The summed E-state index contributed by atoms with van der Waals surface area (Å²) in [5.74, 6) is 3.09. The summed E-state index contributed by atoms with van der Waals surface area (Å²) in [5, 5.41) is 3.47. The Balaban J connectivity index is 0.00000220. The van der Waals surface area contributed by atoms with Gasteiger partial charge in [-0.3, -0.25) is 4.99 Å². The molecule has 2 aliphatic rings. The first-order chi connectivity index (χ1) is 9.61. The molecule has 0 aromatic heterocycles. The third-order valence-corrected chi connectivity index (χ3v) is 5.03. The van der Waals surface area contributed by atoms with E-state index in [4.69, 9.17) is 4.74 Å². The number of nitrogens with zero attached hydrogens (tertiary/aromatic N) is 2. The van der Waals surface area contributed by atoms with Gasteiger partial charge < -0.3 is 15.0 Å². The quantitative estimate of drug-likeness (QED) is 0.306. The number of hydrogen-bond acceptors (Lipinski definition) is 3. The predicted molar refractivity (Wildman–Crippen MR) is 103 cm³/mol. The van der Waals surface area contributed by atoms with Gasteiger partial charge in [-0.25, -0.2) is 0 Å². The van der Waals surface area contributed by atoms with Gasteiger partial charge in [-0.15, -0.1) is 24.0 Å². The van der Waals surface area contributed by atoms with E-state index in [-0.39, 0.29) is 24.0 Å². The largest absolute Gasteiger partial charge is 0.381 e. The highest BCUT2D eigenvalue weighted by Gasteiger charge is 2.28. The second-order valence-electron chi connectivity index (χ2n) is 6.38. The van der Waals surface area contributed by atoms with Crippen LogP contribution in [-0.4, -0.2) is 61.3 Å². The van der Waals surface area contributed by atoms with E-state index >= 15 is 0 Å². The van der Waals surface area contributed by atoms with Gasteiger partial charge in [0.15, 0.2) is 5.96 Å². The average Bonchev–Trinajstić information content (AvgIpc) is 3.21. The lowest BCUT2D eigenvalue weighted by Gasteiger charge is -2.39. The molecule has 1 aliphatic carbocycles. The maximum atomic E-state index is 5.65. The van der Waals surface area contributed by atoms with Gasteiger partial charge in [0.2, 0.25) is 0 Å². The van der Waals surface area contributed by atoms with Gasteiger partial charge in [0, 0.05) is 50.4 Å². The molecule has 4 nitrogen and oxygen atoms in total. The molecule has 0 aromatic carbocycles. The maximum absolute atomic E-state index is 5.65. The van der Waals surface area contributed by atoms with E-state index in [0.717, 1.165) is 51.1 Å². The number of thioether (sulfide) groups is 1. The van der Waals surface area contributed by atoms with Crippen LogP contribution in [0.15, 0.2) is 4.99 Å². The molecule has 1 aliphatic heterocycles. The van der Waals surface area contributed by atoms with Crippen LogP contribution in [0.4, 0.5) is 0 Å². The summed E-state index contributed by atoms with van der Waals surface area (Å²) in [4.78, 5) is 6.79. The second kappa shape index (κ2) is 9.45. The zero-order valence-electron chi connectivity index (χ0n) is 13.6. The molecule has 21 heavy (non-hydrogen) atoms. The monoisotopic (exact) mass is 427 g/mol. The molecule has 6 heteroatoms. The third-order valence-electron chi connectivity index (χ3n) is 3.74. The van der Waals surface area contributed by atoms with Crippen molar-refractivity contribution in [1.29, 1.82) is 0 Å². The highest BCUT2D eigenvalue weighted by atomic mass is 127. The molecule has 0 radical (unpaired) electrons. The lowest BCUT2D eigenvalue weighted by Crippen LogP contribution is -2.51. The van der Waals surface area contributed by atoms with E-state index < -0.39 is 0 Å². The highest BCUT2D eigenvalue weighted by molar-refractivity contribution is 14.0. The molecule has 1 saturated heterocycles. The summed E-state index contributed by atoms with van der Waals surface area (Å²) < 4.78 is 5.98. The molecule has 0 bridgehead atoms. The Morgan fingerprint density at radius 3 is 2.81 bits per heavy atom. The Morgan fingerprint density at radius 1 is 1.43 bits per heavy atom. The standard InChI is InChI=1S/C15H29N3OS.HI/c1-15(2)12-18(8-10-20-15)14(16-3)17-7-4-9-19-11-13-5-6-13;/h13H,4-12H2,1-3H3,(H,16,17);1H. The summed E-state index contributed by atoms with van der Waals surface area (Å²) in [6.45, 7) is 9.54. The summed E-state index contributed by atoms with van der Waals surface area (Å²) in [7, 11) is 1.88. The van der Waals surface area contributed by atoms with E-state index in [0.29, 0.717) is 4.75 Å². The van der Waals surface area contributed by atoms with Crippen LogP contribution in [-0.2, 0) is 4.74 Å². The van der Waals surface area contributed by atoms with Gasteiger partial charge in [-0.2, -0.15) is 11.8 Å². The summed E-state index contributed by atoms with van der Waals surface area (Å²) in [6, 6.07) is 0. The van der Waals surface area contributed by atoms with Gasteiger partial charge in [0.05, 0.1) is 0 Å². The molecule has 0 atom stereocenters. The van der Waals surface area contributed by atoms with Gasteiger partial charge in [0.25, 0.3) is 0 Å². The van der Waals surface area contributed by atoms with Crippen molar-refractivity contribution in [2.45, 2.75) is 37.9 Å². The van der Waals surface area contributed by atoms with Gasteiger partial charge >= 0.3 is 0 Å².